The Labute approximate surface area is 97.8 Å². The minimum absolute atomic E-state index is 0.121. The standard InChI is InChI=1S/C9H7BrF3NO2/c1-16-8(15)7-3-5(9(11,12)13)2-6(4-10)14-7/h2-3H,4H2,1H3. The van der Waals surface area contributed by atoms with Gasteiger partial charge in [0.15, 0.2) is 0 Å². The number of alkyl halides is 4. The molecule has 0 bridgehead atoms. The van der Waals surface area contributed by atoms with Crippen molar-refractivity contribution in [1.29, 1.82) is 0 Å². The Balaban J connectivity index is 3.27. The average Bonchev–Trinajstić information content (AvgIpc) is 2.26. The molecule has 1 rings (SSSR count). The van der Waals surface area contributed by atoms with Crippen molar-refractivity contribution in [2.45, 2.75) is 11.5 Å². The molecule has 16 heavy (non-hydrogen) atoms. The number of pyridine rings is 1. The molecule has 1 heterocycles. The number of rotatable bonds is 2. The molecule has 0 amide bonds. The second-order valence-electron chi connectivity index (χ2n) is 2.86. The lowest BCUT2D eigenvalue weighted by molar-refractivity contribution is -0.137. The van der Waals surface area contributed by atoms with E-state index < -0.39 is 17.7 Å². The summed E-state index contributed by atoms with van der Waals surface area (Å²) in [6.45, 7) is 0. The second-order valence-corrected chi connectivity index (χ2v) is 3.42. The predicted octanol–water partition coefficient (Wildman–Crippen LogP) is 2.78. The van der Waals surface area contributed by atoms with Crippen LogP contribution in [-0.2, 0) is 16.2 Å². The Hall–Kier alpha value is -1.11. The minimum Gasteiger partial charge on any atom is -0.464 e. The third-order valence-electron chi connectivity index (χ3n) is 1.74. The summed E-state index contributed by atoms with van der Waals surface area (Å²) in [4.78, 5) is 14.8. The van der Waals surface area contributed by atoms with Gasteiger partial charge in [-0.05, 0) is 12.1 Å². The van der Waals surface area contributed by atoms with Gasteiger partial charge in [0.25, 0.3) is 0 Å². The van der Waals surface area contributed by atoms with E-state index in [-0.39, 0.29) is 16.7 Å². The number of methoxy groups -OCH3 is 1. The highest BCUT2D eigenvalue weighted by Gasteiger charge is 2.32. The van der Waals surface area contributed by atoms with Crippen molar-refractivity contribution in [2.24, 2.45) is 0 Å². The van der Waals surface area contributed by atoms with Crippen LogP contribution >= 0.6 is 15.9 Å². The molecule has 0 aliphatic carbocycles. The van der Waals surface area contributed by atoms with E-state index in [9.17, 15) is 18.0 Å². The fourth-order valence-corrected chi connectivity index (χ4v) is 1.32. The largest absolute Gasteiger partial charge is 0.464 e. The highest BCUT2D eigenvalue weighted by atomic mass is 79.9. The molecule has 0 aromatic carbocycles. The Kier molecular flexibility index (Phi) is 3.90. The molecule has 0 radical (unpaired) electrons. The SMILES string of the molecule is COC(=O)c1cc(C(F)(F)F)cc(CBr)n1. The summed E-state index contributed by atoms with van der Waals surface area (Å²) >= 11 is 2.98. The lowest BCUT2D eigenvalue weighted by Gasteiger charge is -2.09. The fraction of sp³-hybridized carbons (Fsp3) is 0.333. The van der Waals surface area contributed by atoms with E-state index in [2.05, 4.69) is 25.7 Å². The van der Waals surface area contributed by atoms with Gasteiger partial charge in [-0.1, -0.05) is 15.9 Å². The first-order valence-corrected chi connectivity index (χ1v) is 5.23. The molecule has 7 heteroatoms. The Morgan fingerprint density at radius 2 is 2.12 bits per heavy atom. The smallest absolute Gasteiger partial charge is 0.416 e. The number of carbonyl (C=O) groups excluding carboxylic acids is 1. The van der Waals surface area contributed by atoms with Crippen LogP contribution in [0.25, 0.3) is 0 Å². The first kappa shape index (κ1) is 13.0. The number of hydrogen-bond acceptors (Lipinski definition) is 3. The maximum Gasteiger partial charge on any atom is 0.416 e. The van der Waals surface area contributed by atoms with Crippen molar-refractivity contribution in [3.8, 4) is 0 Å². The van der Waals surface area contributed by atoms with Crippen LogP contribution in [0.4, 0.5) is 13.2 Å². The third-order valence-corrected chi connectivity index (χ3v) is 2.31. The zero-order chi connectivity index (χ0) is 12.3. The molecular formula is C9H7BrF3NO2. The first-order chi connectivity index (χ1) is 7.38. The summed E-state index contributed by atoms with van der Waals surface area (Å²) in [6, 6.07) is 1.54. The number of nitrogens with zero attached hydrogens (tertiary/aromatic N) is 1. The first-order valence-electron chi connectivity index (χ1n) is 4.11. The van der Waals surface area contributed by atoms with Crippen molar-refractivity contribution in [1.82, 2.24) is 4.98 Å². The van der Waals surface area contributed by atoms with Crippen LogP contribution in [0.2, 0.25) is 0 Å². The summed E-state index contributed by atoms with van der Waals surface area (Å²) in [5, 5.41) is 0.126. The van der Waals surface area contributed by atoms with E-state index in [0.717, 1.165) is 13.2 Å². The van der Waals surface area contributed by atoms with Gasteiger partial charge >= 0.3 is 12.1 Å². The van der Waals surface area contributed by atoms with Gasteiger partial charge in [-0.15, -0.1) is 0 Å². The van der Waals surface area contributed by atoms with Crippen LogP contribution in [0.1, 0.15) is 21.7 Å². The van der Waals surface area contributed by atoms with E-state index >= 15 is 0 Å². The molecule has 0 aliphatic rings. The summed E-state index contributed by atoms with van der Waals surface area (Å²) in [5.41, 5.74) is -1.15. The van der Waals surface area contributed by atoms with Crippen molar-refractivity contribution in [3.05, 3.63) is 29.1 Å². The number of aromatic nitrogens is 1. The van der Waals surface area contributed by atoms with Crippen molar-refractivity contribution in [2.75, 3.05) is 7.11 Å². The normalized spacial score (nSPS) is 11.3. The van der Waals surface area contributed by atoms with Gasteiger partial charge in [-0.2, -0.15) is 13.2 Å². The lowest BCUT2D eigenvalue weighted by atomic mass is 10.2. The highest BCUT2D eigenvalue weighted by Crippen LogP contribution is 2.30. The number of ether oxygens (including phenoxy) is 1. The summed E-state index contributed by atoms with van der Waals surface area (Å²) in [5.74, 6) is -0.895. The minimum atomic E-state index is -4.51. The molecule has 0 unspecified atom stereocenters. The molecule has 1 aromatic rings. The monoisotopic (exact) mass is 297 g/mol. The van der Waals surface area contributed by atoms with Crippen molar-refractivity contribution < 1.29 is 22.7 Å². The van der Waals surface area contributed by atoms with Crippen LogP contribution < -0.4 is 0 Å². The molecule has 0 N–H and O–H groups in total. The Bertz CT molecular complexity index is 406. The number of carbonyl (C=O) groups is 1. The maximum absolute atomic E-state index is 12.5. The Morgan fingerprint density at radius 1 is 1.50 bits per heavy atom. The van der Waals surface area contributed by atoms with E-state index in [1.807, 2.05) is 0 Å². The van der Waals surface area contributed by atoms with Crippen molar-refractivity contribution in [3.63, 3.8) is 0 Å². The predicted molar refractivity (Wildman–Crippen MR) is 53.2 cm³/mol. The number of hydrogen-bond donors (Lipinski definition) is 0. The molecular weight excluding hydrogens is 291 g/mol. The van der Waals surface area contributed by atoms with Gasteiger partial charge in [-0.25, -0.2) is 9.78 Å². The summed E-state index contributed by atoms with van der Waals surface area (Å²) in [6.07, 6.45) is -4.51. The van der Waals surface area contributed by atoms with Gasteiger partial charge in [0.2, 0.25) is 0 Å². The molecule has 0 atom stereocenters. The van der Waals surface area contributed by atoms with E-state index in [4.69, 9.17) is 0 Å². The zero-order valence-electron chi connectivity index (χ0n) is 8.14. The van der Waals surface area contributed by atoms with E-state index in [1.165, 1.54) is 0 Å². The van der Waals surface area contributed by atoms with E-state index in [0.29, 0.717) is 6.07 Å². The lowest BCUT2D eigenvalue weighted by Crippen LogP contribution is -2.12. The fourth-order valence-electron chi connectivity index (χ4n) is 1.03. The van der Waals surface area contributed by atoms with Crippen LogP contribution in [0.5, 0.6) is 0 Å². The molecule has 0 fully saturated rings. The third kappa shape index (κ3) is 2.94. The van der Waals surface area contributed by atoms with Crippen LogP contribution in [-0.4, -0.2) is 18.1 Å². The molecule has 0 saturated heterocycles. The van der Waals surface area contributed by atoms with Gasteiger partial charge < -0.3 is 4.74 Å². The average molecular weight is 298 g/mol. The highest BCUT2D eigenvalue weighted by molar-refractivity contribution is 9.08. The molecule has 0 saturated carbocycles. The zero-order valence-corrected chi connectivity index (χ0v) is 9.72. The van der Waals surface area contributed by atoms with Crippen molar-refractivity contribution >= 4 is 21.9 Å². The van der Waals surface area contributed by atoms with Gasteiger partial charge in [-0.3, -0.25) is 0 Å². The van der Waals surface area contributed by atoms with Crippen LogP contribution in [0, 0.1) is 0 Å². The molecule has 1 aromatic heterocycles. The molecule has 0 spiro atoms. The van der Waals surface area contributed by atoms with Gasteiger partial charge in [0.05, 0.1) is 18.4 Å². The molecule has 0 aliphatic heterocycles. The second kappa shape index (κ2) is 4.82. The summed E-state index contributed by atoms with van der Waals surface area (Å²) < 4.78 is 41.7. The van der Waals surface area contributed by atoms with E-state index in [1.54, 1.807) is 0 Å². The van der Waals surface area contributed by atoms with Gasteiger partial charge in [0.1, 0.15) is 5.69 Å². The molecule has 3 nitrogen and oxygen atoms in total. The molecule has 88 valence electrons. The number of esters is 1. The summed E-state index contributed by atoms with van der Waals surface area (Å²) in [7, 11) is 1.08. The quantitative estimate of drug-likeness (QED) is 0.622. The van der Waals surface area contributed by atoms with Crippen LogP contribution in [0.15, 0.2) is 12.1 Å². The van der Waals surface area contributed by atoms with Gasteiger partial charge in [0, 0.05) is 5.33 Å². The Morgan fingerprint density at radius 3 is 2.56 bits per heavy atom. The van der Waals surface area contributed by atoms with Crippen LogP contribution in [0.3, 0.4) is 0 Å². The maximum atomic E-state index is 12.5. The topological polar surface area (TPSA) is 39.2 Å². The number of halogens is 4.